The van der Waals surface area contributed by atoms with Gasteiger partial charge in [0, 0.05) is 43.8 Å². The van der Waals surface area contributed by atoms with Gasteiger partial charge in [-0.15, -0.1) is 12.4 Å². The van der Waals surface area contributed by atoms with Gasteiger partial charge in [-0.2, -0.15) is 0 Å². The van der Waals surface area contributed by atoms with E-state index in [-0.39, 0.29) is 12.4 Å². The Balaban J connectivity index is 0.00000133. The number of fused-ring (bicyclic) bond motifs is 1. The molecule has 0 saturated carbocycles. The number of hydrogen-bond acceptors (Lipinski definition) is 3. The molecule has 0 bridgehead atoms. The van der Waals surface area contributed by atoms with Gasteiger partial charge >= 0.3 is 0 Å². The van der Waals surface area contributed by atoms with Crippen LogP contribution in [0.4, 0.5) is 0 Å². The van der Waals surface area contributed by atoms with Gasteiger partial charge in [-0.25, -0.2) is 0 Å². The van der Waals surface area contributed by atoms with Gasteiger partial charge in [0.1, 0.15) is 0 Å². The van der Waals surface area contributed by atoms with Gasteiger partial charge in [0.15, 0.2) is 0 Å². The van der Waals surface area contributed by atoms with Crippen LogP contribution in [-0.2, 0) is 6.54 Å². The number of benzene rings is 1. The van der Waals surface area contributed by atoms with Crippen molar-refractivity contribution in [2.75, 3.05) is 19.6 Å². The molecule has 1 aromatic carbocycles. The van der Waals surface area contributed by atoms with Crippen molar-refractivity contribution >= 4 is 23.3 Å². The molecule has 1 aliphatic heterocycles. The first kappa shape index (κ1) is 14.3. The molecule has 0 radical (unpaired) electrons. The normalized spacial score (nSPS) is 20.2. The van der Waals surface area contributed by atoms with Gasteiger partial charge in [-0.05, 0) is 30.7 Å². The highest BCUT2D eigenvalue weighted by molar-refractivity contribution is 5.85. The minimum Gasteiger partial charge on any atom is -0.312 e. The number of aromatic nitrogens is 1. The summed E-state index contributed by atoms with van der Waals surface area (Å²) in [4.78, 5) is 6.87. The zero-order valence-corrected chi connectivity index (χ0v) is 12.0. The number of hydrogen-bond donors (Lipinski definition) is 1. The SMILES string of the molecule is C[C@@H]1CN(Cc2ccc3ncccc3c2)CCN1.Cl. The van der Waals surface area contributed by atoms with Crippen LogP contribution in [0.25, 0.3) is 10.9 Å². The van der Waals surface area contributed by atoms with Gasteiger partial charge in [0.2, 0.25) is 0 Å². The van der Waals surface area contributed by atoms with Crippen molar-refractivity contribution in [2.24, 2.45) is 0 Å². The molecule has 2 aromatic rings. The fourth-order valence-corrected chi connectivity index (χ4v) is 2.64. The summed E-state index contributed by atoms with van der Waals surface area (Å²) in [5.41, 5.74) is 2.46. The summed E-state index contributed by atoms with van der Waals surface area (Å²) in [6.07, 6.45) is 1.85. The highest BCUT2D eigenvalue weighted by atomic mass is 35.5. The Morgan fingerprint density at radius 3 is 3.11 bits per heavy atom. The maximum Gasteiger partial charge on any atom is 0.0702 e. The maximum absolute atomic E-state index is 4.36. The molecular formula is C15H20ClN3. The van der Waals surface area contributed by atoms with E-state index >= 15 is 0 Å². The number of halogens is 1. The van der Waals surface area contributed by atoms with E-state index in [2.05, 4.69) is 46.4 Å². The predicted octanol–water partition coefficient (Wildman–Crippen LogP) is 2.45. The van der Waals surface area contributed by atoms with Crippen LogP contribution in [0.1, 0.15) is 12.5 Å². The van der Waals surface area contributed by atoms with Crippen molar-refractivity contribution in [1.29, 1.82) is 0 Å². The van der Waals surface area contributed by atoms with Crippen molar-refractivity contribution in [3.05, 3.63) is 42.1 Å². The lowest BCUT2D eigenvalue weighted by atomic mass is 10.1. The smallest absolute Gasteiger partial charge is 0.0702 e. The molecule has 3 nitrogen and oxygen atoms in total. The first-order valence-electron chi connectivity index (χ1n) is 6.61. The largest absolute Gasteiger partial charge is 0.312 e. The van der Waals surface area contributed by atoms with Crippen molar-refractivity contribution in [1.82, 2.24) is 15.2 Å². The summed E-state index contributed by atoms with van der Waals surface area (Å²) in [6.45, 7) is 6.64. The number of nitrogens with zero attached hydrogens (tertiary/aromatic N) is 2. The first-order valence-corrected chi connectivity index (χ1v) is 6.61. The molecule has 0 unspecified atom stereocenters. The highest BCUT2D eigenvalue weighted by Crippen LogP contribution is 2.15. The molecule has 1 saturated heterocycles. The van der Waals surface area contributed by atoms with Gasteiger partial charge in [-0.1, -0.05) is 12.1 Å². The lowest BCUT2D eigenvalue weighted by Gasteiger charge is -2.31. The fourth-order valence-electron chi connectivity index (χ4n) is 2.64. The second-order valence-corrected chi connectivity index (χ2v) is 5.12. The van der Waals surface area contributed by atoms with Crippen molar-refractivity contribution in [2.45, 2.75) is 19.5 Å². The van der Waals surface area contributed by atoms with Gasteiger partial charge in [0.05, 0.1) is 5.52 Å². The van der Waals surface area contributed by atoms with E-state index in [1.54, 1.807) is 0 Å². The van der Waals surface area contributed by atoms with Gasteiger partial charge in [-0.3, -0.25) is 9.88 Å². The molecule has 1 aromatic heterocycles. The quantitative estimate of drug-likeness (QED) is 0.914. The maximum atomic E-state index is 4.36. The molecule has 102 valence electrons. The molecule has 19 heavy (non-hydrogen) atoms. The van der Waals surface area contributed by atoms with E-state index in [1.165, 1.54) is 10.9 Å². The van der Waals surface area contributed by atoms with E-state index in [4.69, 9.17) is 0 Å². The zero-order valence-electron chi connectivity index (χ0n) is 11.2. The Kier molecular flexibility index (Phi) is 4.75. The van der Waals surface area contributed by atoms with Crippen LogP contribution in [-0.4, -0.2) is 35.6 Å². The van der Waals surface area contributed by atoms with E-state index in [1.807, 2.05) is 12.3 Å². The van der Waals surface area contributed by atoms with Crippen molar-refractivity contribution in [3.63, 3.8) is 0 Å². The molecule has 4 heteroatoms. The van der Waals surface area contributed by atoms with E-state index in [0.29, 0.717) is 6.04 Å². The Morgan fingerprint density at radius 2 is 2.26 bits per heavy atom. The highest BCUT2D eigenvalue weighted by Gasteiger charge is 2.15. The molecule has 0 aliphatic carbocycles. The van der Waals surface area contributed by atoms with Gasteiger partial charge in [0.25, 0.3) is 0 Å². The second-order valence-electron chi connectivity index (χ2n) is 5.12. The third-order valence-corrected chi connectivity index (χ3v) is 3.53. The van der Waals surface area contributed by atoms with Crippen LogP contribution in [0.3, 0.4) is 0 Å². The number of nitrogens with one attached hydrogen (secondary N) is 1. The Hall–Kier alpha value is -1.16. The number of piperazine rings is 1. The van der Waals surface area contributed by atoms with Gasteiger partial charge < -0.3 is 5.32 Å². The average molecular weight is 278 g/mol. The topological polar surface area (TPSA) is 28.2 Å². The number of pyridine rings is 1. The van der Waals surface area contributed by atoms with Crippen LogP contribution >= 0.6 is 12.4 Å². The fraction of sp³-hybridized carbons (Fsp3) is 0.400. The summed E-state index contributed by atoms with van der Waals surface area (Å²) >= 11 is 0. The predicted molar refractivity (Wildman–Crippen MR) is 81.7 cm³/mol. The molecule has 0 spiro atoms. The molecule has 1 fully saturated rings. The average Bonchev–Trinajstić information content (AvgIpc) is 2.39. The standard InChI is InChI=1S/C15H19N3.ClH/c1-12-10-18(8-7-16-12)11-13-4-5-15-14(9-13)3-2-6-17-15;/h2-6,9,12,16H,7-8,10-11H2,1H3;1H/t12-;/m1./s1. The van der Waals surface area contributed by atoms with Crippen molar-refractivity contribution < 1.29 is 0 Å². The zero-order chi connectivity index (χ0) is 12.4. The molecule has 1 N–H and O–H groups in total. The lowest BCUT2D eigenvalue weighted by Crippen LogP contribution is -2.48. The van der Waals surface area contributed by atoms with Crippen LogP contribution in [0.5, 0.6) is 0 Å². The molecule has 0 amide bonds. The van der Waals surface area contributed by atoms with Crippen LogP contribution in [0.2, 0.25) is 0 Å². The monoisotopic (exact) mass is 277 g/mol. The summed E-state index contributed by atoms with van der Waals surface area (Å²) in [7, 11) is 0. The number of rotatable bonds is 2. The summed E-state index contributed by atoms with van der Waals surface area (Å²) < 4.78 is 0. The molecule has 3 rings (SSSR count). The summed E-state index contributed by atoms with van der Waals surface area (Å²) in [6, 6.07) is 11.3. The Labute approximate surface area is 120 Å². The van der Waals surface area contributed by atoms with E-state index in [0.717, 1.165) is 31.7 Å². The lowest BCUT2D eigenvalue weighted by molar-refractivity contribution is 0.200. The van der Waals surface area contributed by atoms with E-state index < -0.39 is 0 Å². The molecule has 1 atom stereocenters. The third kappa shape index (κ3) is 3.44. The van der Waals surface area contributed by atoms with Crippen LogP contribution in [0, 0.1) is 0 Å². The first-order chi connectivity index (χ1) is 8.81. The van der Waals surface area contributed by atoms with Crippen molar-refractivity contribution in [3.8, 4) is 0 Å². The molecular weight excluding hydrogens is 258 g/mol. The summed E-state index contributed by atoms with van der Waals surface area (Å²) in [5, 5.41) is 4.71. The minimum atomic E-state index is 0. The molecule has 1 aliphatic rings. The van der Waals surface area contributed by atoms with Crippen LogP contribution in [0.15, 0.2) is 36.5 Å². The molecule has 2 heterocycles. The Morgan fingerprint density at radius 1 is 1.37 bits per heavy atom. The summed E-state index contributed by atoms with van der Waals surface area (Å²) in [5.74, 6) is 0. The van der Waals surface area contributed by atoms with E-state index in [9.17, 15) is 0 Å². The Bertz CT molecular complexity index is 544. The second kappa shape index (κ2) is 6.33. The minimum absolute atomic E-state index is 0. The third-order valence-electron chi connectivity index (χ3n) is 3.53. The van der Waals surface area contributed by atoms with Crippen LogP contribution < -0.4 is 5.32 Å².